The molecule has 2 aliphatic rings. The van der Waals surface area contributed by atoms with Crippen molar-refractivity contribution in [3.05, 3.63) is 77.9 Å². The highest BCUT2D eigenvalue weighted by Gasteiger charge is 2.30. The van der Waals surface area contributed by atoms with Crippen LogP contribution >= 0.6 is 0 Å². The van der Waals surface area contributed by atoms with Gasteiger partial charge >= 0.3 is 6.03 Å². The van der Waals surface area contributed by atoms with E-state index in [1.165, 1.54) is 19.3 Å². The van der Waals surface area contributed by atoms with Gasteiger partial charge in [-0.15, -0.1) is 10.2 Å². The second-order valence-electron chi connectivity index (χ2n) is 14.8. The highest BCUT2D eigenvalue weighted by molar-refractivity contribution is 5.89. The Morgan fingerprint density at radius 3 is 2.58 bits per heavy atom. The summed E-state index contributed by atoms with van der Waals surface area (Å²) in [6.45, 7) is 10.1. The summed E-state index contributed by atoms with van der Waals surface area (Å²) in [7, 11) is 4.14. The first-order chi connectivity index (χ1) is 24.1. The molecule has 0 radical (unpaired) electrons. The molecule has 2 N–H and O–H groups in total. The number of urea groups is 1. The van der Waals surface area contributed by atoms with Crippen molar-refractivity contribution in [1.29, 1.82) is 0 Å². The zero-order valence-corrected chi connectivity index (χ0v) is 29.8. The van der Waals surface area contributed by atoms with Crippen molar-refractivity contribution >= 4 is 23.4 Å². The molecule has 13 nitrogen and oxygen atoms in total. The van der Waals surface area contributed by atoms with Crippen LogP contribution in [-0.2, 0) is 12.0 Å². The van der Waals surface area contributed by atoms with E-state index < -0.39 is 0 Å². The minimum Gasteiger partial charge on any atom is -0.484 e. The molecule has 1 aliphatic carbocycles. The van der Waals surface area contributed by atoms with Crippen LogP contribution in [0.1, 0.15) is 88.3 Å². The van der Waals surface area contributed by atoms with Crippen LogP contribution in [0.3, 0.4) is 0 Å². The average Bonchev–Trinajstić information content (AvgIpc) is 3.85. The van der Waals surface area contributed by atoms with Crippen LogP contribution in [0.4, 0.5) is 16.6 Å². The molecule has 0 unspecified atom stereocenters. The molecule has 4 aromatic heterocycles. The summed E-state index contributed by atoms with van der Waals surface area (Å²) >= 11 is 0. The lowest BCUT2D eigenvalue weighted by Crippen LogP contribution is -2.36. The molecule has 264 valence electrons. The number of hydrogen-bond donors (Lipinski definition) is 2. The van der Waals surface area contributed by atoms with Crippen molar-refractivity contribution in [3.8, 4) is 11.4 Å². The summed E-state index contributed by atoms with van der Waals surface area (Å²) in [4.78, 5) is 18.1. The lowest BCUT2D eigenvalue weighted by Gasteiger charge is -2.32. The van der Waals surface area contributed by atoms with Crippen molar-refractivity contribution in [2.75, 3.05) is 43.9 Å². The minimum atomic E-state index is -0.285. The van der Waals surface area contributed by atoms with Gasteiger partial charge in [-0.2, -0.15) is 10.2 Å². The van der Waals surface area contributed by atoms with Crippen LogP contribution in [0.15, 0.2) is 61.1 Å². The number of benzene rings is 1. The van der Waals surface area contributed by atoms with Crippen molar-refractivity contribution in [3.63, 3.8) is 0 Å². The highest BCUT2D eigenvalue weighted by atomic mass is 16.5. The molecular weight excluding hydrogens is 630 g/mol. The first-order valence-corrected chi connectivity index (χ1v) is 17.8. The van der Waals surface area contributed by atoms with E-state index in [2.05, 4.69) is 82.7 Å². The Morgan fingerprint density at radius 1 is 1.00 bits per heavy atom. The van der Waals surface area contributed by atoms with Crippen LogP contribution in [0.25, 0.3) is 11.3 Å². The average molecular weight is 680 g/mol. The third-order valence-electron chi connectivity index (χ3n) is 9.59. The highest BCUT2D eigenvalue weighted by Crippen LogP contribution is 2.39. The van der Waals surface area contributed by atoms with Crippen molar-refractivity contribution < 1.29 is 9.53 Å². The van der Waals surface area contributed by atoms with Gasteiger partial charge in [0.05, 0.1) is 30.3 Å². The summed E-state index contributed by atoms with van der Waals surface area (Å²) in [6, 6.07) is 13.7. The van der Waals surface area contributed by atoms with Gasteiger partial charge in [-0.05, 0) is 82.4 Å². The molecule has 5 aromatic rings. The van der Waals surface area contributed by atoms with E-state index in [1.54, 1.807) is 10.9 Å². The Bertz CT molecular complexity index is 1930. The number of pyridine rings is 1. The number of carbonyl (C=O) groups excluding carboxylic acids is 1. The monoisotopic (exact) mass is 679 g/mol. The standard InChI is InChI=1S/C37H49N11O2/c1-37(2,3)32-22-34(48(43-32)26-23-38-46(24-26)21-11-18-44(4)5)40-35(49)39-30-15-16-31(29-13-8-7-12-28(29)30)50-27-14-17-33-41-42-36(47(33)25-27)45-19-9-6-10-20-45/h7-8,12-14,17,22-25,30-31H,6,9-11,15-16,18-21H2,1-5H3,(H2,39,40,49)/t30-,31+/m0/s1. The first-order valence-electron chi connectivity index (χ1n) is 17.8. The van der Waals surface area contributed by atoms with E-state index in [1.807, 2.05) is 51.8 Å². The molecule has 0 bridgehead atoms. The summed E-state index contributed by atoms with van der Waals surface area (Å²) in [5.74, 6) is 2.23. The molecule has 1 saturated heterocycles. The molecule has 7 rings (SSSR count). The normalized spacial score (nSPS) is 18.0. The van der Waals surface area contributed by atoms with Gasteiger partial charge in [0.2, 0.25) is 5.95 Å². The molecule has 5 heterocycles. The van der Waals surface area contributed by atoms with Crippen LogP contribution in [0.5, 0.6) is 5.75 Å². The van der Waals surface area contributed by atoms with Crippen LogP contribution in [0, 0.1) is 0 Å². The zero-order chi connectivity index (χ0) is 34.8. The van der Waals surface area contributed by atoms with Gasteiger partial charge in [0.25, 0.3) is 0 Å². The van der Waals surface area contributed by atoms with E-state index in [0.717, 1.165) is 85.3 Å². The summed E-state index contributed by atoms with van der Waals surface area (Å²) in [5, 5.41) is 24.7. The van der Waals surface area contributed by atoms with Gasteiger partial charge in [0, 0.05) is 31.1 Å². The molecule has 1 fully saturated rings. The van der Waals surface area contributed by atoms with Crippen LogP contribution in [0.2, 0.25) is 0 Å². The van der Waals surface area contributed by atoms with Crippen molar-refractivity contribution in [1.82, 2.24) is 44.4 Å². The number of amides is 2. The molecule has 2 amide bonds. The molecular formula is C37H49N11O2. The molecule has 13 heteroatoms. The smallest absolute Gasteiger partial charge is 0.320 e. The zero-order valence-electron chi connectivity index (χ0n) is 29.8. The third kappa shape index (κ3) is 7.32. The number of aryl methyl sites for hydroxylation is 1. The predicted molar refractivity (Wildman–Crippen MR) is 194 cm³/mol. The Hall–Kier alpha value is -4.91. The molecule has 1 aliphatic heterocycles. The second-order valence-corrected chi connectivity index (χ2v) is 14.8. The molecule has 2 atom stereocenters. The first kappa shape index (κ1) is 33.6. The maximum Gasteiger partial charge on any atom is 0.320 e. The Morgan fingerprint density at radius 2 is 1.80 bits per heavy atom. The molecule has 0 saturated carbocycles. The van der Waals surface area contributed by atoms with E-state index >= 15 is 0 Å². The topological polar surface area (TPSA) is 123 Å². The lowest BCUT2D eigenvalue weighted by atomic mass is 9.85. The lowest BCUT2D eigenvalue weighted by molar-refractivity contribution is 0.171. The van der Waals surface area contributed by atoms with E-state index in [4.69, 9.17) is 9.84 Å². The SMILES string of the molecule is CN(C)CCCn1cc(-n2nc(C(C)(C)C)cc2NC(=O)N[C@H]2CC[C@@H](Oc3ccc4nnc(N5CCCCC5)n4c3)c3ccccc32)cn1. The van der Waals surface area contributed by atoms with E-state index in [9.17, 15) is 4.79 Å². The van der Waals surface area contributed by atoms with Gasteiger partial charge in [-0.25, -0.2) is 9.48 Å². The number of nitrogens with zero attached hydrogens (tertiary/aromatic N) is 9. The summed E-state index contributed by atoms with van der Waals surface area (Å²) in [5.41, 5.74) is 4.42. The largest absolute Gasteiger partial charge is 0.484 e. The van der Waals surface area contributed by atoms with Gasteiger partial charge < -0.3 is 19.9 Å². The third-order valence-corrected chi connectivity index (χ3v) is 9.59. The number of aromatic nitrogens is 7. The number of piperidine rings is 1. The van der Waals surface area contributed by atoms with Gasteiger partial charge in [0.15, 0.2) is 5.65 Å². The number of nitrogens with one attached hydrogen (secondary N) is 2. The van der Waals surface area contributed by atoms with E-state index in [0.29, 0.717) is 5.82 Å². The second kappa shape index (κ2) is 14.1. The summed E-state index contributed by atoms with van der Waals surface area (Å²) in [6.07, 6.45) is 11.7. The number of rotatable bonds is 10. The quantitative estimate of drug-likeness (QED) is 0.181. The van der Waals surface area contributed by atoms with Crippen LogP contribution in [-0.4, -0.2) is 78.8 Å². The number of fused-ring (bicyclic) bond motifs is 2. The Kier molecular flexibility index (Phi) is 9.50. The predicted octanol–water partition coefficient (Wildman–Crippen LogP) is 6.13. The minimum absolute atomic E-state index is 0.148. The summed E-state index contributed by atoms with van der Waals surface area (Å²) < 4.78 is 12.4. The fourth-order valence-electron chi connectivity index (χ4n) is 6.90. The molecule has 0 spiro atoms. The number of carbonyl (C=O) groups is 1. The number of hydrogen-bond acceptors (Lipinski definition) is 8. The maximum absolute atomic E-state index is 13.6. The van der Waals surface area contributed by atoms with Gasteiger partial charge in [-0.3, -0.25) is 14.4 Å². The van der Waals surface area contributed by atoms with E-state index in [-0.39, 0.29) is 23.6 Å². The van der Waals surface area contributed by atoms with Gasteiger partial charge in [0.1, 0.15) is 23.4 Å². The fraction of sp³-hybridized carbons (Fsp3) is 0.486. The van der Waals surface area contributed by atoms with Crippen LogP contribution < -0.4 is 20.3 Å². The maximum atomic E-state index is 13.6. The number of ether oxygens (including phenoxy) is 1. The van der Waals surface area contributed by atoms with Crippen molar-refractivity contribution in [2.24, 2.45) is 0 Å². The Labute approximate surface area is 293 Å². The Balaban J connectivity index is 1.06. The molecule has 50 heavy (non-hydrogen) atoms. The fourth-order valence-corrected chi connectivity index (χ4v) is 6.90. The number of anilines is 2. The van der Waals surface area contributed by atoms with Crippen molar-refractivity contribution in [2.45, 2.75) is 83.4 Å². The van der Waals surface area contributed by atoms with Gasteiger partial charge in [-0.1, -0.05) is 45.0 Å². The molecule has 1 aromatic carbocycles.